The average molecular weight is 194 g/mol. The van der Waals surface area contributed by atoms with Crippen molar-refractivity contribution in [1.29, 1.82) is 0 Å². The average Bonchev–Trinajstić information content (AvgIpc) is 2.18. The van der Waals surface area contributed by atoms with Crippen molar-refractivity contribution in [2.24, 2.45) is 5.16 Å². The van der Waals surface area contributed by atoms with Crippen molar-refractivity contribution < 1.29 is 10.1 Å². The molecule has 0 amide bonds. The van der Waals surface area contributed by atoms with Crippen molar-refractivity contribution in [2.75, 3.05) is 0 Å². The van der Waals surface area contributed by atoms with Crippen molar-refractivity contribution in [2.45, 2.75) is 13.3 Å². The van der Waals surface area contributed by atoms with Crippen LogP contribution in [0.1, 0.15) is 12.5 Å². The third kappa shape index (κ3) is 2.29. The van der Waals surface area contributed by atoms with E-state index in [1.165, 1.54) is 6.07 Å². The van der Waals surface area contributed by atoms with Gasteiger partial charge in [-0.15, -0.1) is 0 Å². The zero-order chi connectivity index (χ0) is 10.6. The van der Waals surface area contributed by atoms with Crippen LogP contribution in [-0.2, 0) is 6.42 Å². The van der Waals surface area contributed by atoms with Crippen LogP contribution < -0.4 is 0 Å². The van der Waals surface area contributed by atoms with Gasteiger partial charge in [-0.3, -0.25) is 10.1 Å². The lowest BCUT2D eigenvalue weighted by atomic mass is 10.1. The molecule has 0 aromatic heterocycles. The Morgan fingerprint density at radius 1 is 1.57 bits per heavy atom. The Bertz CT molecular complexity index is 374. The maximum absolute atomic E-state index is 10.6. The summed E-state index contributed by atoms with van der Waals surface area (Å²) in [5.41, 5.74) is 1.04. The molecule has 74 valence electrons. The zero-order valence-electron chi connectivity index (χ0n) is 7.67. The van der Waals surface area contributed by atoms with Crippen LogP contribution in [0.5, 0.6) is 0 Å². The normalized spacial score (nSPS) is 11.4. The summed E-state index contributed by atoms with van der Waals surface area (Å²) in [5, 5.41) is 22.0. The molecular weight excluding hydrogens is 184 g/mol. The first kappa shape index (κ1) is 10.2. The van der Waals surface area contributed by atoms with Gasteiger partial charge in [0.15, 0.2) is 0 Å². The molecule has 0 aliphatic carbocycles. The molecule has 0 heterocycles. The smallest absolute Gasteiger partial charge is 0.272 e. The summed E-state index contributed by atoms with van der Waals surface area (Å²) in [6.07, 6.45) is 0.285. The maximum Gasteiger partial charge on any atom is 0.272 e. The summed E-state index contributed by atoms with van der Waals surface area (Å²) in [4.78, 5) is 10.2. The molecule has 1 aromatic rings. The molecule has 0 spiro atoms. The fourth-order valence-corrected chi connectivity index (χ4v) is 1.15. The molecule has 5 nitrogen and oxygen atoms in total. The first-order valence-corrected chi connectivity index (χ1v) is 4.05. The largest absolute Gasteiger partial charge is 0.411 e. The van der Waals surface area contributed by atoms with Gasteiger partial charge >= 0.3 is 0 Å². The summed E-state index contributed by atoms with van der Waals surface area (Å²) in [6, 6.07) is 6.40. The highest BCUT2D eigenvalue weighted by Crippen LogP contribution is 2.18. The Hall–Kier alpha value is -1.91. The van der Waals surface area contributed by atoms with E-state index in [0.717, 1.165) is 0 Å². The van der Waals surface area contributed by atoms with E-state index in [2.05, 4.69) is 5.16 Å². The third-order valence-corrected chi connectivity index (χ3v) is 1.81. The Kier molecular flexibility index (Phi) is 3.17. The summed E-state index contributed by atoms with van der Waals surface area (Å²) < 4.78 is 0. The number of benzene rings is 1. The number of oxime groups is 1. The number of nitro groups is 1. The Balaban J connectivity index is 3.02. The van der Waals surface area contributed by atoms with E-state index < -0.39 is 4.92 Å². The fourth-order valence-electron chi connectivity index (χ4n) is 1.15. The molecule has 1 rings (SSSR count). The number of para-hydroxylation sites is 1. The molecule has 1 N–H and O–H groups in total. The molecule has 0 atom stereocenters. The van der Waals surface area contributed by atoms with Crippen molar-refractivity contribution in [3.05, 3.63) is 39.9 Å². The van der Waals surface area contributed by atoms with Gasteiger partial charge in [0.1, 0.15) is 0 Å². The standard InChI is InChI=1S/C9H10N2O3/c1-7(10-12)6-8-4-2-3-5-9(8)11(13)14/h2-5,12H,6H2,1H3. The molecule has 5 heteroatoms. The summed E-state index contributed by atoms with van der Waals surface area (Å²) in [7, 11) is 0. The topological polar surface area (TPSA) is 75.7 Å². The van der Waals surface area contributed by atoms with Crippen molar-refractivity contribution in [3.8, 4) is 0 Å². The predicted molar refractivity (Wildman–Crippen MR) is 51.7 cm³/mol. The van der Waals surface area contributed by atoms with E-state index in [1.807, 2.05) is 0 Å². The van der Waals surface area contributed by atoms with Gasteiger partial charge in [0.2, 0.25) is 0 Å². The van der Waals surface area contributed by atoms with Crippen LogP contribution in [-0.4, -0.2) is 15.8 Å². The quantitative estimate of drug-likeness (QED) is 0.346. The monoisotopic (exact) mass is 194 g/mol. The third-order valence-electron chi connectivity index (χ3n) is 1.81. The SMILES string of the molecule is CC(Cc1ccccc1[N+](=O)[O-])=NO. The number of hydrogen-bond donors (Lipinski definition) is 1. The van der Waals surface area contributed by atoms with Crippen molar-refractivity contribution in [1.82, 2.24) is 0 Å². The molecule has 0 bridgehead atoms. The van der Waals surface area contributed by atoms with Crippen LogP contribution in [0.4, 0.5) is 5.69 Å². The van der Waals surface area contributed by atoms with Crippen molar-refractivity contribution >= 4 is 11.4 Å². The van der Waals surface area contributed by atoms with Gasteiger partial charge in [-0.25, -0.2) is 0 Å². The van der Waals surface area contributed by atoms with Crippen LogP contribution in [0.25, 0.3) is 0 Å². The van der Waals surface area contributed by atoms with Gasteiger partial charge in [0.05, 0.1) is 10.6 Å². The minimum atomic E-state index is -0.444. The zero-order valence-corrected chi connectivity index (χ0v) is 7.67. The second-order valence-electron chi connectivity index (χ2n) is 2.90. The molecule has 0 aliphatic rings. The summed E-state index contributed by atoms with van der Waals surface area (Å²) in [5.74, 6) is 0. The minimum absolute atomic E-state index is 0.0514. The highest BCUT2D eigenvalue weighted by atomic mass is 16.6. The Morgan fingerprint density at radius 3 is 2.79 bits per heavy atom. The summed E-state index contributed by atoms with van der Waals surface area (Å²) >= 11 is 0. The highest BCUT2D eigenvalue weighted by Gasteiger charge is 2.12. The molecule has 0 saturated heterocycles. The molecule has 1 aromatic carbocycles. The van der Waals surface area contributed by atoms with E-state index >= 15 is 0 Å². The van der Waals surface area contributed by atoms with Crippen LogP contribution in [0.2, 0.25) is 0 Å². The fraction of sp³-hybridized carbons (Fsp3) is 0.222. The van der Waals surface area contributed by atoms with Crippen LogP contribution >= 0.6 is 0 Å². The van der Waals surface area contributed by atoms with Crippen molar-refractivity contribution in [3.63, 3.8) is 0 Å². The van der Waals surface area contributed by atoms with E-state index in [-0.39, 0.29) is 12.1 Å². The number of nitro benzene ring substituents is 1. The lowest BCUT2D eigenvalue weighted by Gasteiger charge is -2.00. The molecule has 0 radical (unpaired) electrons. The van der Waals surface area contributed by atoms with E-state index in [9.17, 15) is 10.1 Å². The van der Waals surface area contributed by atoms with Crippen LogP contribution in [0.15, 0.2) is 29.4 Å². The molecule has 0 fully saturated rings. The highest BCUT2D eigenvalue weighted by molar-refractivity contribution is 5.84. The predicted octanol–water partition coefficient (Wildman–Crippen LogP) is 1.99. The van der Waals surface area contributed by atoms with Crippen LogP contribution in [0, 0.1) is 10.1 Å². The van der Waals surface area contributed by atoms with E-state index in [1.54, 1.807) is 25.1 Å². The molecule has 0 saturated carbocycles. The van der Waals surface area contributed by atoms with Crippen LogP contribution in [0.3, 0.4) is 0 Å². The number of rotatable bonds is 3. The van der Waals surface area contributed by atoms with Gasteiger partial charge in [-0.1, -0.05) is 23.4 Å². The Labute approximate surface area is 80.8 Å². The van der Waals surface area contributed by atoms with Gasteiger partial charge in [-0.2, -0.15) is 0 Å². The van der Waals surface area contributed by atoms with E-state index in [4.69, 9.17) is 5.21 Å². The van der Waals surface area contributed by atoms with Gasteiger partial charge in [-0.05, 0) is 6.92 Å². The second-order valence-corrected chi connectivity index (χ2v) is 2.90. The lowest BCUT2D eigenvalue weighted by molar-refractivity contribution is -0.385. The minimum Gasteiger partial charge on any atom is -0.411 e. The Morgan fingerprint density at radius 2 is 2.21 bits per heavy atom. The molecule has 0 aliphatic heterocycles. The number of nitrogens with zero attached hydrogens (tertiary/aromatic N) is 2. The molecule has 14 heavy (non-hydrogen) atoms. The number of hydrogen-bond acceptors (Lipinski definition) is 4. The van der Waals surface area contributed by atoms with Gasteiger partial charge in [0.25, 0.3) is 5.69 Å². The van der Waals surface area contributed by atoms with Gasteiger partial charge in [0, 0.05) is 18.1 Å². The lowest BCUT2D eigenvalue weighted by Crippen LogP contribution is -2.01. The molecular formula is C9H10N2O3. The molecule has 0 unspecified atom stereocenters. The first-order chi connectivity index (χ1) is 6.65. The first-order valence-electron chi connectivity index (χ1n) is 4.05. The maximum atomic E-state index is 10.6. The van der Waals surface area contributed by atoms with E-state index in [0.29, 0.717) is 11.3 Å². The second kappa shape index (κ2) is 4.36. The summed E-state index contributed by atoms with van der Waals surface area (Å²) in [6.45, 7) is 1.61. The van der Waals surface area contributed by atoms with Gasteiger partial charge < -0.3 is 5.21 Å².